The molecule has 1 atom stereocenters. The van der Waals surface area contributed by atoms with Crippen molar-refractivity contribution in [2.45, 2.75) is 30.8 Å². The zero-order chi connectivity index (χ0) is 16.3. The van der Waals surface area contributed by atoms with E-state index in [9.17, 15) is 18.3 Å². The molecule has 0 spiro atoms. The quantitative estimate of drug-likeness (QED) is 0.686. The average molecular weight is 317 g/mol. The molecule has 0 aromatic heterocycles. The van der Waals surface area contributed by atoms with Crippen molar-refractivity contribution < 1.29 is 28.2 Å². The van der Waals surface area contributed by atoms with Crippen LogP contribution in [0.3, 0.4) is 0 Å². The highest BCUT2D eigenvalue weighted by Gasteiger charge is 2.24. The van der Waals surface area contributed by atoms with Gasteiger partial charge in [-0.3, -0.25) is 0 Å². The summed E-state index contributed by atoms with van der Waals surface area (Å²) in [5, 5.41) is 18.9. The Kier molecular flexibility index (Phi) is 5.32. The fourth-order valence-corrected chi connectivity index (χ4v) is 2.67. The van der Waals surface area contributed by atoms with Crippen LogP contribution in [0.2, 0.25) is 0 Å². The molecule has 1 unspecified atom stereocenters. The van der Waals surface area contributed by atoms with E-state index in [2.05, 4.69) is 4.72 Å². The van der Waals surface area contributed by atoms with Crippen molar-refractivity contribution in [1.29, 1.82) is 0 Å². The summed E-state index contributed by atoms with van der Waals surface area (Å²) in [5.41, 5.74) is -1.42. The molecule has 8 heteroatoms. The number of carboxylic acid groups (broad SMARTS) is 1. The molecular weight excluding hydrogens is 298 g/mol. The Labute approximate surface area is 123 Å². The molecule has 0 bridgehead atoms. The van der Waals surface area contributed by atoms with Crippen molar-refractivity contribution >= 4 is 16.0 Å². The maximum atomic E-state index is 12.1. The van der Waals surface area contributed by atoms with E-state index in [1.54, 1.807) is 6.92 Å². The van der Waals surface area contributed by atoms with E-state index in [0.717, 1.165) is 6.07 Å². The summed E-state index contributed by atoms with van der Waals surface area (Å²) < 4.78 is 31.4. The summed E-state index contributed by atoms with van der Waals surface area (Å²) in [4.78, 5) is 10.9. The zero-order valence-corrected chi connectivity index (χ0v) is 12.9. The van der Waals surface area contributed by atoms with Crippen LogP contribution in [0.4, 0.5) is 0 Å². The number of carbonyl (C=O) groups is 1. The number of hydrogen-bond acceptors (Lipinski definition) is 5. The summed E-state index contributed by atoms with van der Waals surface area (Å²) in [6.07, 6.45) is 0.374. The maximum absolute atomic E-state index is 12.1. The number of aromatic carboxylic acids is 1. The molecule has 7 nitrogen and oxygen atoms in total. The predicted octanol–water partition coefficient (Wildman–Crippen LogP) is 0.833. The Morgan fingerprint density at radius 1 is 1.43 bits per heavy atom. The molecule has 0 aliphatic rings. The Morgan fingerprint density at radius 3 is 2.52 bits per heavy atom. The first kappa shape index (κ1) is 17.4. The number of carboxylic acids is 1. The van der Waals surface area contributed by atoms with Crippen molar-refractivity contribution in [3.05, 3.63) is 23.8 Å². The number of aliphatic hydroxyl groups is 1. The van der Waals surface area contributed by atoms with Gasteiger partial charge in [-0.15, -0.1) is 0 Å². The van der Waals surface area contributed by atoms with Crippen LogP contribution in [-0.2, 0) is 10.0 Å². The zero-order valence-electron chi connectivity index (χ0n) is 12.1. The van der Waals surface area contributed by atoms with Crippen LogP contribution in [0, 0.1) is 0 Å². The van der Waals surface area contributed by atoms with Crippen molar-refractivity contribution in [1.82, 2.24) is 4.72 Å². The summed E-state index contributed by atoms with van der Waals surface area (Å²) in [6, 6.07) is 3.54. The summed E-state index contributed by atoms with van der Waals surface area (Å²) in [5.74, 6) is -1.22. The lowest BCUT2D eigenvalue weighted by Crippen LogP contribution is -2.40. The molecule has 0 fully saturated rings. The van der Waals surface area contributed by atoms with Gasteiger partial charge in [0, 0.05) is 6.54 Å². The highest BCUT2D eigenvalue weighted by molar-refractivity contribution is 7.89. The van der Waals surface area contributed by atoms with E-state index in [4.69, 9.17) is 9.84 Å². The first-order valence-electron chi connectivity index (χ1n) is 6.26. The van der Waals surface area contributed by atoms with E-state index >= 15 is 0 Å². The number of ether oxygens (including phenoxy) is 1. The van der Waals surface area contributed by atoms with Gasteiger partial charge in [0.2, 0.25) is 10.0 Å². The maximum Gasteiger partial charge on any atom is 0.339 e. The number of benzene rings is 1. The van der Waals surface area contributed by atoms with Crippen LogP contribution in [0.1, 0.15) is 30.6 Å². The van der Waals surface area contributed by atoms with Gasteiger partial charge in [-0.25, -0.2) is 17.9 Å². The third kappa shape index (κ3) is 4.42. The summed E-state index contributed by atoms with van der Waals surface area (Å²) >= 11 is 0. The van der Waals surface area contributed by atoms with E-state index in [0.29, 0.717) is 6.42 Å². The normalized spacial score (nSPS) is 14.5. The molecule has 0 amide bonds. The molecule has 0 aliphatic heterocycles. The van der Waals surface area contributed by atoms with Gasteiger partial charge in [-0.1, -0.05) is 6.92 Å². The van der Waals surface area contributed by atoms with Gasteiger partial charge in [0.15, 0.2) is 0 Å². The fraction of sp³-hybridized carbons (Fsp3) is 0.462. The van der Waals surface area contributed by atoms with Gasteiger partial charge in [0.25, 0.3) is 0 Å². The highest BCUT2D eigenvalue weighted by atomic mass is 32.2. The number of methoxy groups -OCH3 is 1. The standard InChI is InChI=1S/C13H19NO6S/c1-4-13(2,17)8-14-21(18,19)9-5-6-11(20-3)10(7-9)12(15)16/h5-7,14,17H,4,8H2,1-3H3,(H,15,16). The van der Waals surface area contributed by atoms with Crippen LogP contribution < -0.4 is 9.46 Å². The lowest BCUT2D eigenvalue weighted by atomic mass is 10.1. The minimum Gasteiger partial charge on any atom is -0.496 e. The second-order valence-electron chi connectivity index (χ2n) is 4.84. The predicted molar refractivity (Wildman–Crippen MR) is 76.1 cm³/mol. The minimum atomic E-state index is -3.91. The van der Waals surface area contributed by atoms with Crippen molar-refractivity contribution in [3.8, 4) is 5.75 Å². The number of sulfonamides is 1. The molecule has 0 aliphatic carbocycles. The molecule has 1 aromatic carbocycles. The monoisotopic (exact) mass is 317 g/mol. The lowest BCUT2D eigenvalue weighted by molar-refractivity contribution is 0.0613. The van der Waals surface area contributed by atoms with Crippen LogP contribution in [-0.4, -0.2) is 43.9 Å². The molecule has 21 heavy (non-hydrogen) atoms. The van der Waals surface area contributed by atoms with E-state index in [-0.39, 0.29) is 22.8 Å². The fourth-order valence-electron chi connectivity index (χ4n) is 1.48. The second kappa shape index (κ2) is 6.42. The first-order chi connectivity index (χ1) is 9.63. The number of rotatable bonds is 7. The third-order valence-electron chi connectivity index (χ3n) is 3.12. The Hall–Kier alpha value is -1.64. The highest BCUT2D eigenvalue weighted by Crippen LogP contribution is 2.22. The van der Waals surface area contributed by atoms with Crippen LogP contribution >= 0.6 is 0 Å². The largest absolute Gasteiger partial charge is 0.496 e. The number of nitrogens with one attached hydrogen (secondary N) is 1. The first-order valence-corrected chi connectivity index (χ1v) is 7.74. The molecule has 3 N–H and O–H groups in total. The van der Waals surface area contributed by atoms with Gasteiger partial charge < -0.3 is 14.9 Å². The molecule has 0 saturated heterocycles. The molecule has 1 rings (SSSR count). The minimum absolute atomic E-state index is 0.0713. The van der Waals surface area contributed by atoms with Crippen molar-refractivity contribution in [2.75, 3.05) is 13.7 Å². The average Bonchev–Trinajstić information content (AvgIpc) is 2.44. The Balaban J connectivity index is 3.09. The van der Waals surface area contributed by atoms with Crippen LogP contribution in [0.5, 0.6) is 5.75 Å². The van der Waals surface area contributed by atoms with Crippen molar-refractivity contribution in [3.63, 3.8) is 0 Å². The number of hydrogen-bond donors (Lipinski definition) is 3. The van der Waals surface area contributed by atoms with Crippen LogP contribution in [0.25, 0.3) is 0 Å². The molecule has 0 heterocycles. The van der Waals surface area contributed by atoms with Gasteiger partial charge in [-0.05, 0) is 31.5 Å². The Morgan fingerprint density at radius 2 is 2.05 bits per heavy atom. The molecule has 0 radical (unpaired) electrons. The SMILES string of the molecule is CCC(C)(O)CNS(=O)(=O)c1ccc(OC)c(C(=O)O)c1. The van der Waals surface area contributed by atoms with Gasteiger partial charge >= 0.3 is 5.97 Å². The van der Waals surface area contributed by atoms with Crippen molar-refractivity contribution in [2.24, 2.45) is 0 Å². The topological polar surface area (TPSA) is 113 Å². The van der Waals surface area contributed by atoms with Gasteiger partial charge in [0.1, 0.15) is 11.3 Å². The lowest BCUT2D eigenvalue weighted by Gasteiger charge is -2.21. The molecule has 118 valence electrons. The smallest absolute Gasteiger partial charge is 0.339 e. The van der Waals surface area contributed by atoms with Crippen LogP contribution in [0.15, 0.2) is 23.1 Å². The molecule has 0 saturated carbocycles. The molecular formula is C13H19NO6S. The Bertz CT molecular complexity index is 624. The van der Waals surface area contributed by atoms with E-state index in [1.807, 2.05) is 0 Å². The van der Waals surface area contributed by atoms with E-state index in [1.165, 1.54) is 26.2 Å². The van der Waals surface area contributed by atoms with Gasteiger partial charge in [-0.2, -0.15) is 0 Å². The summed E-state index contributed by atoms with van der Waals surface area (Å²) in [6.45, 7) is 3.07. The van der Waals surface area contributed by atoms with Gasteiger partial charge in [0.05, 0.1) is 17.6 Å². The molecule has 1 aromatic rings. The van der Waals surface area contributed by atoms with E-state index < -0.39 is 21.6 Å². The third-order valence-corrected chi connectivity index (χ3v) is 4.52. The summed E-state index contributed by atoms with van der Waals surface area (Å²) in [7, 11) is -2.62. The second-order valence-corrected chi connectivity index (χ2v) is 6.61.